The summed E-state index contributed by atoms with van der Waals surface area (Å²) in [6.45, 7) is 4.84. The molecule has 2 aliphatic rings. The van der Waals surface area contributed by atoms with Crippen molar-refractivity contribution in [3.63, 3.8) is 0 Å². The van der Waals surface area contributed by atoms with Crippen LogP contribution in [0.2, 0.25) is 0 Å². The smallest absolute Gasteiger partial charge is 0.258 e. The lowest BCUT2D eigenvalue weighted by Crippen LogP contribution is -2.45. The summed E-state index contributed by atoms with van der Waals surface area (Å²) in [5, 5.41) is 2.89. The van der Waals surface area contributed by atoms with Gasteiger partial charge in [-0.25, -0.2) is 9.97 Å². The van der Waals surface area contributed by atoms with Crippen LogP contribution < -0.4 is 10.2 Å². The number of carbonyl (C=O) groups excluding carboxylic acids is 1. The monoisotopic (exact) mass is 354 g/mol. The first-order chi connectivity index (χ1) is 12.7. The standard InChI is InChI=1S/C19H22N4O3/c1-14-4-2-3-5-16(14)22-17(24)15-12-20-18(21-13-15)23-8-6-19(7-9-23)25-10-11-26-19/h2-5,12-13H,6-11H2,1H3,(H,22,24). The van der Waals surface area contributed by atoms with Crippen LogP contribution in [0.4, 0.5) is 11.6 Å². The molecule has 0 atom stereocenters. The van der Waals surface area contributed by atoms with E-state index in [1.54, 1.807) is 12.4 Å². The highest BCUT2D eigenvalue weighted by Crippen LogP contribution is 2.32. The number of piperidine rings is 1. The van der Waals surface area contributed by atoms with Crippen LogP contribution in [0, 0.1) is 6.92 Å². The number of nitrogens with zero attached hydrogens (tertiary/aromatic N) is 3. The molecule has 2 aromatic rings. The number of benzene rings is 1. The van der Waals surface area contributed by atoms with E-state index in [4.69, 9.17) is 9.47 Å². The van der Waals surface area contributed by atoms with E-state index in [2.05, 4.69) is 20.2 Å². The second-order valence-corrected chi connectivity index (χ2v) is 6.64. The summed E-state index contributed by atoms with van der Waals surface area (Å²) in [5.74, 6) is 0.00522. The molecule has 2 saturated heterocycles. The molecule has 3 heterocycles. The number of carbonyl (C=O) groups is 1. The molecule has 7 nitrogen and oxygen atoms in total. The predicted octanol–water partition coefficient (Wildman–Crippen LogP) is 2.38. The maximum atomic E-state index is 12.4. The number of ether oxygens (including phenoxy) is 2. The molecule has 1 aromatic heterocycles. The Balaban J connectivity index is 1.39. The van der Waals surface area contributed by atoms with Crippen LogP contribution >= 0.6 is 0 Å². The fourth-order valence-corrected chi connectivity index (χ4v) is 3.34. The van der Waals surface area contributed by atoms with Crippen LogP contribution in [0.5, 0.6) is 0 Å². The third kappa shape index (κ3) is 3.40. The number of rotatable bonds is 3. The minimum atomic E-state index is -0.413. The van der Waals surface area contributed by atoms with E-state index < -0.39 is 5.79 Å². The Morgan fingerprint density at radius 2 is 1.77 bits per heavy atom. The minimum absolute atomic E-state index is 0.212. The first-order valence-corrected chi connectivity index (χ1v) is 8.87. The molecule has 0 radical (unpaired) electrons. The Bertz CT molecular complexity index is 778. The Hall–Kier alpha value is -2.51. The number of anilines is 2. The molecule has 0 bridgehead atoms. The van der Waals surface area contributed by atoms with Gasteiger partial charge in [-0.1, -0.05) is 18.2 Å². The van der Waals surface area contributed by atoms with Crippen LogP contribution in [0.25, 0.3) is 0 Å². The highest BCUT2D eigenvalue weighted by molar-refractivity contribution is 6.04. The molecule has 136 valence electrons. The summed E-state index contributed by atoms with van der Waals surface area (Å²) in [5.41, 5.74) is 2.24. The van der Waals surface area contributed by atoms with Crippen LogP contribution in [0.15, 0.2) is 36.7 Å². The Labute approximate surface area is 152 Å². The molecular weight excluding hydrogens is 332 g/mol. The third-order valence-electron chi connectivity index (χ3n) is 4.92. The van der Waals surface area contributed by atoms with Gasteiger partial charge in [0, 0.05) is 44.0 Å². The summed E-state index contributed by atoms with van der Waals surface area (Å²) in [7, 11) is 0. The summed E-state index contributed by atoms with van der Waals surface area (Å²) >= 11 is 0. The van der Waals surface area contributed by atoms with Gasteiger partial charge in [0.05, 0.1) is 18.8 Å². The lowest BCUT2D eigenvalue weighted by molar-refractivity contribution is -0.169. The number of hydrogen-bond donors (Lipinski definition) is 1. The lowest BCUT2D eigenvalue weighted by atomic mass is 10.0. The first-order valence-electron chi connectivity index (χ1n) is 8.87. The fourth-order valence-electron chi connectivity index (χ4n) is 3.34. The van der Waals surface area contributed by atoms with Gasteiger partial charge >= 0.3 is 0 Å². The van der Waals surface area contributed by atoms with E-state index in [1.165, 1.54) is 0 Å². The van der Waals surface area contributed by atoms with E-state index in [0.717, 1.165) is 37.2 Å². The number of hydrogen-bond acceptors (Lipinski definition) is 6. The summed E-state index contributed by atoms with van der Waals surface area (Å²) in [6.07, 6.45) is 4.74. The van der Waals surface area contributed by atoms with E-state index >= 15 is 0 Å². The van der Waals surface area contributed by atoms with E-state index in [0.29, 0.717) is 24.7 Å². The van der Waals surface area contributed by atoms with Crippen molar-refractivity contribution in [2.45, 2.75) is 25.6 Å². The summed E-state index contributed by atoms with van der Waals surface area (Å²) in [6, 6.07) is 7.66. The number of amides is 1. The van der Waals surface area contributed by atoms with Crippen LogP contribution in [0.1, 0.15) is 28.8 Å². The van der Waals surface area contributed by atoms with Crippen LogP contribution in [0.3, 0.4) is 0 Å². The molecule has 0 aliphatic carbocycles. The maximum Gasteiger partial charge on any atom is 0.258 e. The summed E-state index contributed by atoms with van der Waals surface area (Å²) < 4.78 is 11.5. The molecule has 26 heavy (non-hydrogen) atoms. The van der Waals surface area contributed by atoms with Gasteiger partial charge in [0.2, 0.25) is 5.95 Å². The molecule has 1 aromatic carbocycles. The quantitative estimate of drug-likeness (QED) is 0.912. The van der Waals surface area contributed by atoms with Crippen molar-refractivity contribution in [2.24, 2.45) is 0 Å². The molecule has 4 rings (SSSR count). The number of aryl methyl sites for hydroxylation is 1. The third-order valence-corrected chi connectivity index (χ3v) is 4.92. The second kappa shape index (κ2) is 7.01. The molecule has 7 heteroatoms. The van der Waals surface area contributed by atoms with Gasteiger partial charge in [-0.2, -0.15) is 0 Å². The van der Waals surface area contributed by atoms with Gasteiger partial charge in [0.15, 0.2) is 5.79 Å². The number of aromatic nitrogens is 2. The average Bonchev–Trinajstić information content (AvgIpc) is 3.12. The van der Waals surface area contributed by atoms with E-state index in [9.17, 15) is 4.79 Å². The van der Waals surface area contributed by atoms with Crippen LogP contribution in [-0.2, 0) is 9.47 Å². The van der Waals surface area contributed by atoms with Gasteiger partial charge in [-0.05, 0) is 18.6 Å². The van der Waals surface area contributed by atoms with Crippen molar-refractivity contribution < 1.29 is 14.3 Å². The Morgan fingerprint density at radius 1 is 1.12 bits per heavy atom. The maximum absolute atomic E-state index is 12.4. The van der Waals surface area contributed by atoms with E-state index in [1.807, 2.05) is 31.2 Å². The molecule has 0 unspecified atom stereocenters. The van der Waals surface area contributed by atoms with Gasteiger partial charge in [0.25, 0.3) is 5.91 Å². The Morgan fingerprint density at radius 3 is 2.42 bits per heavy atom. The van der Waals surface area contributed by atoms with Gasteiger partial charge in [-0.3, -0.25) is 4.79 Å². The zero-order valence-corrected chi connectivity index (χ0v) is 14.8. The SMILES string of the molecule is Cc1ccccc1NC(=O)c1cnc(N2CCC3(CC2)OCCO3)nc1. The molecule has 2 fully saturated rings. The second-order valence-electron chi connectivity index (χ2n) is 6.64. The van der Waals surface area contributed by atoms with Crippen molar-refractivity contribution in [3.8, 4) is 0 Å². The zero-order chi connectivity index (χ0) is 18.0. The zero-order valence-electron chi connectivity index (χ0n) is 14.8. The molecular formula is C19H22N4O3. The molecule has 1 N–H and O–H groups in total. The van der Waals surface area contributed by atoms with Crippen molar-refractivity contribution >= 4 is 17.5 Å². The molecule has 1 amide bonds. The normalized spacial score (nSPS) is 18.9. The van der Waals surface area contributed by atoms with Crippen LogP contribution in [-0.4, -0.2) is 48.0 Å². The molecule has 0 saturated carbocycles. The Kier molecular flexibility index (Phi) is 4.57. The van der Waals surface area contributed by atoms with Gasteiger partial charge < -0.3 is 19.7 Å². The average molecular weight is 354 g/mol. The molecule has 2 aliphatic heterocycles. The topological polar surface area (TPSA) is 76.6 Å². The summed E-state index contributed by atoms with van der Waals surface area (Å²) in [4.78, 5) is 23.2. The highest BCUT2D eigenvalue weighted by atomic mass is 16.7. The van der Waals surface area contributed by atoms with Crippen molar-refractivity contribution in [1.29, 1.82) is 0 Å². The predicted molar refractivity (Wildman–Crippen MR) is 97.2 cm³/mol. The number of para-hydroxylation sites is 1. The van der Waals surface area contributed by atoms with Crippen molar-refractivity contribution in [2.75, 3.05) is 36.5 Å². The fraction of sp³-hybridized carbons (Fsp3) is 0.421. The number of nitrogens with one attached hydrogen (secondary N) is 1. The highest BCUT2D eigenvalue weighted by Gasteiger charge is 2.40. The first kappa shape index (κ1) is 16.9. The minimum Gasteiger partial charge on any atom is -0.347 e. The lowest BCUT2D eigenvalue weighted by Gasteiger charge is -2.37. The van der Waals surface area contributed by atoms with E-state index in [-0.39, 0.29) is 5.91 Å². The largest absolute Gasteiger partial charge is 0.347 e. The van der Waals surface area contributed by atoms with Crippen molar-refractivity contribution in [1.82, 2.24) is 9.97 Å². The van der Waals surface area contributed by atoms with Gasteiger partial charge in [-0.15, -0.1) is 0 Å². The van der Waals surface area contributed by atoms with Gasteiger partial charge in [0.1, 0.15) is 0 Å². The molecule has 1 spiro atoms. The van der Waals surface area contributed by atoms with Crippen molar-refractivity contribution in [3.05, 3.63) is 47.8 Å².